The number of halogens is 1. The van der Waals surface area contributed by atoms with Gasteiger partial charge in [0.15, 0.2) is 0 Å². The smallest absolute Gasteiger partial charge is 0.00753 e. The number of rotatable bonds is 0. The number of nitrogens with two attached hydrogens (primary N) is 1. The Kier molecular flexibility index (Phi) is 1.31. The van der Waals surface area contributed by atoms with Crippen LogP contribution in [0.15, 0.2) is 0 Å². The number of hydrogen-bond acceptors (Lipinski definition) is 1. The molecular formula is C8H14ClN. The summed E-state index contributed by atoms with van der Waals surface area (Å²) < 4.78 is 0. The summed E-state index contributed by atoms with van der Waals surface area (Å²) in [6.07, 6.45) is 4.41. The topological polar surface area (TPSA) is 26.0 Å². The van der Waals surface area contributed by atoms with Gasteiger partial charge in [-0.1, -0.05) is 0 Å². The van der Waals surface area contributed by atoms with Gasteiger partial charge < -0.3 is 5.73 Å². The molecule has 2 N–H and O–H groups in total. The van der Waals surface area contributed by atoms with E-state index in [4.69, 9.17) is 5.73 Å². The summed E-state index contributed by atoms with van der Waals surface area (Å²) in [5.74, 6) is 4.22. The zero-order chi connectivity index (χ0) is 6.01. The van der Waals surface area contributed by atoms with Crippen LogP contribution in [0.1, 0.15) is 19.3 Å². The van der Waals surface area contributed by atoms with Crippen molar-refractivity contribution < 1.29 is 0 Å². The van der Waals surface area contributed by atoms with Crippen molar-refractivity contribution in [3.63, 3.8) is 0 Å². The zero-order valence-electron chi connectivity index (χ0n) is 5.99. The molecule has 0 spiro atoms. The highest BCUT2D eigenvalue weighted by molar-refractivity contribution is 5.85. The van der Waals surface area contributed by atoms with Crippen LogP contribution < -0.4 is 5.73 Å². The summed E-state index contributed by atoms with van der Waals surface area (Å²) >= 11 is 0. The molecule has 1 nitrogen and oxygen atoms in total. The third-order valence-electron chi connectivity index (χ3n) is 3.71. The van der Waals surface area contributed by atoms with E-state index in [1.54, 1.807) is 0 Å². The van der Waals surface area contributed by atoms with E-state index in [-0.39, 0.29) is 12.4 Å². The van der Waals surface area contributed by atoms with Gasteiger partial charge in [-0.2, -0.15) is 0 Å². The Morgan fingerprint density at radius 1 is 1.00 bits per heavy atom. The highest BCUT2D eigenvalue weighted by atomic mass is 35.5. The average Bonchev–Trinajstić information content (AvgIpc) is 2.37. The lowest BCUT2D eigenvalue weighted by molar-refractivity contribution is 0.277. The molecule has 4 saturated carbocycles. The second-order valence-electron chi connectivity index (χ2n) is 4.14. The van der Waals surface area contributed by atoms with Gasteiger partial charge in [-0.3, -0.25) is 0 Å². The van der Waals surface area contributed by atoms with Gasteiger partial charge in [-0.25, -0.2) is 0 Å². The van der Waals surface area contributed by atoms with Crippen molar-refractivity contribution in [1.82, 2.24) is 0 Å². The first-order valence-electron chi connectivity index (χ1n) is 4.12. The SMILES string of the molecule is Cl.NC1CC2CC3C(C2)C13. The molecule has 10 heavy (non-hydrogen) atoms. The molecule has 4 fully saturated rings. The van der Waals surface area contributed by atoms with E-state index in [2.05, 4.69) is 0 Å². The van der Waals surface area contributed by atoms with Crippen LogP contribution >= 0.6 is 12.4 Å². The normalized spacial score (nSPS) is 61.5. The van der Waals surface area contributed by atoms with E-state index in [1.165, 1.54) is 19.3 Å². The summed E-state index contributed by atoms with van der Waals surface area (Å²) in [6, 6.07) is 0.604. The molecule has 3 unspecified atom stereocenters. The third kappa shape index (κ3) is 0.629. The van der Waals surface area contributed by atoms with Crippen molar-refractivity contribution in [3.05, 3.63) is 0 Å². The van der Waals surface area contributed by atoms with Gasteiger partial charge in [0.1, 0.15) is 0 Å². The molecule has 0 radical (unpaired) electrons. The van der Waals surface area contributed by atoms with Gasteiger partial charge in [0, 0.05) is 6.04 Å². The minimum absolute atomic E-state index is 0. The predicted octanol–water partition coefficient (Wildman–Crippen LogP) is 1.41. The lowest BCUT2D eigenvalue weighted by Gasteiger charge is -2.27. The Labute approximate surface area is 67.8 Å². The van der Waals surface area contributed by atoms with E-state index in [9.17, 15) is 0 Å². The van der Waals surface area contributed by atoms with Crippen molar-refractivity contribution in [2.45, 2.75) is 25.3 Å². The largest absolute Gasteiger partial charge is 0.327 e. The second-order valence-corrected chi connectivity index (χ2v) is 4.14. The minimum Gasteiger partial charge on any atom is -0.327 e. The van der Waals surface area contributed by atoms with Gasteiger partial charge in [0.05, 0.1) is 0 Å². The zero-order valence-corrected chi connectivity index (χ0v) is 6.81. The van der Waals surface area contributed by atoms with E-state index < -0.39 is 0 Å². The summed E-state index contributed by atoms with van der Waals surface area (Å²) in [7, 11) is 0. The molecule has 0 saturated heterocycles. The fourth-order valence-corrected chi connectivity index (χ4v) is 3.37. The van der Waals surface area contributed by atoms with Crippen LogP contribution in [0.2, 0.25) is 0 Å². The Morgan fingerprint density at radius 2 is 1.60 bits per heavy atom. The Bertz CT molecular complexity index is 145. The molecule has 0 aromatic heterocycles. The Morgan fingerprint density at radius 3 is 1.90 bits per heavy atom. The van der Waals surface area contributed by atoms with E-state index in [0.29, 0.717) is 6.04 Å². The van der Waals surface area contributed by atoms with Crippen LogP contribution in [-0.4, -0.2) is 6.04 Å². The molecule has 0 aliphatic heterocycles. The average molecular weight is 160 g/mol. The van der Waals surface area contributed by atoms with Crippen molar-refractivity contribution in [2.75, 3.05) is 0 Å². The van der Waals surface area contributed by atoms with Gasteiger partial charge >= 0.3 is 0 Å². The second kappa shape index (κ2) is 1.89. The quantitative estimate of drug-likeness (QED) is 0.569. The number of hydrogen-bond donors (Lipinski definition) is 1. The van der Waals surface area contributed by atoms with Crippen molar-refractivity contribution in [3.8, 4) is 0 Å². The van der Waals surface area contributed by atoms with Crippen LogP contribution in [0.5, 0.6) is 0 Å². The molecule has 4 aliphatic carbocycles. The molecule has 0 heterocycles. The molecule has 0 amide bonds. The first kappa shape index (κ1) is 6.93. The van der Waals surface area contributed by atoms with Crippen molar-refractivity contribution in [1.29, 1.82) is 0 Å². The maximum Gasteiger partial charge on any atom is 0.00753 e. The minimum atomic E-state index is 0. The third-order valence-corrected chi connectivity index (χ3v) is 3.71. The monoisotopic (exact) mass is 159 g/mol. The predicted molar refractivity (Wildman–Crippen MR) is 43.0 cm³/mol. The van der Waals surface area contributed by atoms with Crippen LogP contribution in [0.4, 0.5) is 0 Å². The van der Waals surface area contributed by atoms with Gasteiger partial charge in [0.2, 0.25) is 0 Å². The highest BCUT2D eigenvalue weighted by Crippen LogP contribution is 2.66. The Balaban J connectivity index is 0.000000403. The van der Waals surface area contributed by atoms with Crippen LogP contribution in [0.25, 0.3) is 0 Å². The lowest BCUT2D eigenvalue weighted by Crippen LogP contribution is -2.33. The first-order chi connectivity index (χ1) is 4.36. The fourth-order valence-electron chi connectivity index (χ4n) is 3.37. The number of fused-ring (bicyclic) bond motifs is 1. The molecule has 4 bridgehead atoms. The summed E-state index contributed by atoms with van der Waals surface area (Å²) in [6.45, 7) is 0. The summed E-state index contributed by atoms with van der Waals surface area (Å²) in [4.78, 5) is 0. The highest BCUT2D eigenvalue weighted by Gasteiger charge is 2.61. The van der Waals surface area contributed by atoms with Crippen molar-refractivity contribution >= 4 is 12.4 Å². The molecule has 58 valence electrons. The van der Waals surface area contributed by atoms with Crippen LogP contribution in [0.3, 0.4) is 0 Å². The Hall–Kier alpha value is 0.250. The molecule has 0 aromatic carbocycles. The fraction of sp³-hybridized carbons (Fsp3) is 1.00. The summed E-state index contributed by atoms with van der Waals surface area (Å²) in [5, 5.41) is 0. The van der Waals surface area contributed by atoms with Crippen molar-refractivity contribution in [2.24, 2.45) is 29.4 Å². The van der Waals surface area contributed by atoms with Gasteiger partial charge in [-0.05, 0) is 42.9 Å². The first-order valence-corrected chi connectivity index (χ1v) is 4.12. The molecular weight excluding hydrogens is 146 g/mol. The van der Waals surface area contributed by atoms with E-state index >= 15 is 0 Å². The maximum atomic E-state index is 5.94. The molecule has 0 aromatic rings. The van der Waals surface area contributed by atoms with Crippen LogP contribution in [0, 0.1) is 23.7 Å². The molecule has 3 atom stereocenters. The summed E-state index contributed by atoms with van der Waals surface area (Å²) in [5.41, 5.74) is 5.94. The maximum absolute atomic E-state index is 5.94. The van der Waals surface area contributed by atoms with Gasteiger partial charge in [-0.15, -0.1) is 12.4 Å². The molecule has 2 heteroatoms. The van der Waals surface area contributed by atoms with E-state index in [0.717, 1.165) is 23.7 Å². The van der Waals surface area contributed by atoms with E-state index in [1.807, 2.05) is 0 Å². The molecule has 4 rings (SSSR count). The molecule has 4 aliphatic rings. The van der Waals surface area contributed by atoms with Gasteiger partial charge in [0.25, 0.3) is 0 Å². The standard InChI is InChI=1S/C8H13N.ClH/c9-7-3-4-1-5-6(2-4)8(5)7;/h4-8H,1-3,9H2;1H. The van der Waals surface area contributed by atoms with Crippen LogP contribution in [-0.2, 0) is 0 Å². The lowest BCUT2D eigenvalue weighted by atomic mass is 9.82.